The number of hydrogen-bond donors (Lipinski definition) is 1. The lowest BCUT2D eigenvalue weighted by Crippen LogP contribution is -2.45. The van der Waals surface area contributed by atoms with E-state index in [0.29, 0.717) is 30.6 Å². The Morgan fingerprint density at radius 3 is 2.58 bits per heavy atom. The number of rotatable bonds is 10. The maximum Gasteiger partial charge on any atom is 0.417 e. The highest BCUT2D eigenvalue weighted by molar-refractivity contribution is 6.14. The normalized spacial score (nSPS) is 16.1. The van der Waals surface area contributed by atoms with Crippen molar-refractivity contribution in [3.63, 3.8) is 0 Å². The molecule has 2 atom stereocenters. The summed E-state index contributed by atoms with van der Waals surface area (Å²) in [4.78, 5) is 40.3. The smallest absolute Gasteiger partial charge is 0.417 e. The summed E-state index contributed by atoms with van der Waals surface area (Å²) < 4.78 is 16.4. The van der Waals surface area contributed by atoms with Crippen LogP contribution < -0.4 is 0 Å². The summed E-state index contributed by atoms with van der Waals surface area (Å²) in [5.41, 5.74) is 3.38. The minimum absolute atomic E-state index is 0.00747. The number of nitrogens with zero attached hydrogens (tertiary/aromatic N) is 1. The van der Waals surface area contributed by atoms with Crippen LogP contribution in [0.3, 0.4) is 0 Å². The number of ether oxygens (including phenoxy) is 2. The lowest BCUT2D eigenvalue weighted by molar-refractivity contribution is -0.137. The second kappa shape index (κ2) is 11.3. The van der Waals surface area contributed by atoms with Crippen LogP contribution in [0.4, 0.5) is 4.79 Å². The van der Waals surface area contributed by atoms with Gasteiger partial charge in [0.05, 0.1) is 0 Å². The number of imide groups is 1. The number of furan rings is 1. The van der Waals surface area contributed by atoms with Gasteiger partial charge in [-0.2, -0.15) is 0 Å². The number of carbonyl (C=O) groups excluding carboxylic acids is 3. The summed E-state index contributed by atoms with van der Waals surface area (Å²) in [6.07, 6.45) is -0.635. The molecule has 2 aromatic carbocycles. The van der Waals surface area contributed by atoms with Gasteiger partial charge >= 0.3 is 6.09 Å². The van der Waals surface area contributed by atoms with E-state index < -0.39 is 29.9 Å². The van der Waals surface area contributed by atoms with E-state index in [2.05, 4.69) is 0 Å². The van der Waals surface area contributed by atoms with E-state index in [9.17, 15) is 19.5 Å². The first kappa shape index (κ1) is 25.3. The molecule has 4 rings (SSSR count). The second-order valence-electron chi connectivity index (χ2n) is 8.69. The lowest BCUT2D eigenvalue weighted by atomic mass is 10.0. The quantitative estimate of drug-likeness (QED) is 0.253. The van der Waals surface area contributed by atoms with Crippen molar-refractivity contribution in [1.82, 2.24) is 4.90 Å². The molecule has 8 heteroatoms. The van der Waals surface area contributed by atoms with Crippen LogP contribution in [0.2, 0.25) is 0 Å². The molecule has 0 unspecified atom stereocenters. The molecular weight excluding hydrogens is 462 g/mol. The van der Waals surface area contributed by atoms with E-state index in [4.69, 9.17) is 13.9 Å². The van der Waals surface area contributed by atoms with Gasteiger partial charge in [-0.05, 0) is 37.0 Å². The summed E-state index contributed by atoms with van der Waals surface area (Å²) >= 11 is 0. The van der Waals surface area contributed by atoms with Gasteiger partial charge in [-0.1, -0.05) is 60.2 Å². The van der Waals surface area contributed by atoms with Crippen molar-refractivity contribution in [2.24, 2.45) is 0 Å². The molecule has 188 valence electrons. The topological polar surface area (TPSA) is 106 Å². The molecule has 1 saturated heterocycles. The summed E-state index contributed by atoms with van der Waals surface area (Å²) in [6, 6.07) is 17.7. The van der Waals surface area contributed by atoms with E-state index in [1.54, 1.807) is 30.3 Å². The molecule has 3 aromatic rings. The highest BCUT2D eigenvalue weighted by Crippen LogP contribution is 2.32. The van der Waals surface area contributed by atoms with Gasteiger partial charge in [0.1, 0.15) is 18.4 Å². The highest BCUT2D eigenvalue weighted by Gasteiger charge is 2.44. The van der Waals surface area contributed by atoms with Gasteiger partial charge in [0.25, 0.3) is 5.91 Å². The molecule has 2 amide bonds. The largest absolute Gasteiger partial charge is 0.457 e. The Kier molecular flexibility index (Phi) is 7.97. The number of methoxy groups -OCH3 is 1. The van der Waals surface area contributed by atoms with E-state index >= 15 is 0 Å². The van der Waals surface area contributed by atoms with Gasteiger partial charge in [0.15, 0.2) is 5.76 Å². The third-order valence-corrected chi connectivity index (χ3v) is 6.19. The summed E-state index contributed by atoms with van der Waals surface area (Å²) in [5.74, 6) is -0.942. The van der Waals surface area contributed by atoms with E-state index in [0.717, 1.165) is 21.6 Å². The van der Waals surface area contributed by atoms with Gasteiger partial charge in [0.2, 0.25) is 11.9 Å². The van der Waals surface area contributed by atoms with Gasteiger partial charge in [-0.15, -0.1) is 0 Å². The molecule has 2 heterocycles. The standard InChI is InChI=1S/C28H29NO7/c1-18-9-8-12-20(15-18)21-16-24(36-23(21)13-6-7-14-30)25(31)26(34-2)27(32)29-22(17-35-28(29)33)19-10-4-3-5-11-19/h3-5,8-12,15-16,22,26,30H,6-7,13-14,17H2,1-2H3/t22-,26+/m1/s1. The Labute approximate surface area is 209 Å². The summed E-state index contributed by atoms with van der Waals surface area (Å²) in [7, 11) is 1.24. The second-order valence-corrected chi connectivity index (χ2v) is 8.69. The number of cyclic esters (lactones) is 1. The minimum Gasteiger partial charge on any atom is -0.457 e. The van der Waals surface area contributed by atoms with Crippen molar-refractivity contribution in [3.8, 4) is 11.1 Å². The Hall–Kier alpha value is -3.75. The number of aliphatic hydroxyl groups is 1. The molecule has 8 nitrogen and oxygen atoms in total. The van der Waals surface area contributed by atoms with Crippen molar-refractivity contribution >= 4 is 17.8 Å². The minimum atomic E-state index is -1.58. The molecule has 0 bridgehead atoms. The average molecular weight is 492 g/mol. The Morgan fingerprint density at radius 2 is 1.89 bits per heavy atom. The molecular formula is C28H29NO7. The number of aliphatic hydroxyl groups excluding tert-OH is 1. The van der Waals surface area contributed by atoms with Crippen molar-refractivity contribution < 1.29 is 33.4 Å². The van der Waals surface area contributed by atoms with Gasteiger partial charge in [0, 0.05) is 25.7 Å². The number of amides is 2. The zero-order valence-electron chi connectivity index (χ0n) is 20.3. The average Bonchev–Trinajstić information content (AvgIpc) is 3.49. The summed E-state index contributed by atoms with van der Waals surface area (Å²) in [6.45, 7) is 2.02. The van der Waals surface area contributed by atoms with E-state index in [1.807, 2.05) is 37.3 Å². The molecule has 1 fully saturated rings. The predicted molar refractivity (Wildman–Crippen MR) is 131 cm³/mol. The predicted octanol–water partition coefficient (Wildman–Crippen LogP) is 4.49. The van der Waals surface area contributed by atoms with E-state index in [-0.39, 0.29) is 19.0 Å². The first-order valence-corrected chi connectivity index (χ1v) is 11.9. The first-order chi connectivity index (χ1) is 17.4. The number of carbonyl (C=O) groups is 3. The molecule has 0 aliphatic carbocycles. The van der Waals surface area contributed by atoms with Crippen molar-refractivity contribution in [2.45, 2.75) is 38.3 Å². The SMILES string of the molecule is CO[C@@H](C(=O)c1cc(-c2cccc(C)c2)c(CCCCO)o1)C(=O)N1C(=O)OC[C@@H]1c1ccccc1. The van der Waals surface area contributed by atoms with Gasteiger partial charge in [-0.25, -0.2) is 9.69 Å². The molecule has 1 aromatic heterocycles. The van der Waals surface area contributed by atoms with Crippen LogP contribution in [-0.4, -0.2) is 54.2 Å². The molecule has 0 saturated carbocycles. The monoisotopic (exact) mass is 491 g/mol. The maximum atomic E-state index is 13.5. The fourth-order valence-electron chi connectivity index (χ4n) is 4.35. The molecule has 1 N–H and O–H groups in total. The van der Waals surface area contributed by atoms with Crippen LogP contribution in [0, 0.1) is 6.92 Å². The van der Waals surface area contributed by atoms with E-state index in [1.165, 1.54) is 7.11 Å². The van der Waals surface area contributed by atoms with Crippen molar-refractivity contribution in [2.75, 3.05) is 20.3 Å². The third kappa shape index (κ3) is 5.24. The number of ketones is 1. The van der Waals surface area contributed by atoms with Crippen LogP contribution >= 0.6 is 0 Å². The van der Waals surface area contributed by atoms with Crippen molar-refractivity contribution in [3.05, 3.63) is 83.3 Å². The number of hydrogen-bond acceptors (Lipinski definition) is 7. The fourth-order valence-corrected chi connectivity index (χ4v) is 4.35. The lowest BCUT2D eigenvalue weighted by Gasteiger charge is -2.23. The van der Waals surface area contributed by atoms with Crippen LogP contribution in [0.25, 0.3) is 11.1 Å². The number of aryl methyl sites for hydroxylation is 2. The molecule has 36 heavy (non-hydrogen) atoms. The number of unbranched alkanes of at least 4 members (excludes halogenated alkanes) is 1. The summed E-state index contributed by atoms with van der Waals surface area (Å²) in [5, 5.41) is 9.17. The zero-order valence-corrected chi connectivity index (χ0v) is 20.3. The zero-order chi connectivity index (χ0) is 25.7. The maximum absolute atomic E-state index is 13.5. The number of benzene rings is 2. The van der Waals surface area contributed by atoms with Gasteiger partial charge in [-0.3, -0.25) is 9.59 Å². The molecule has 1 aliphatic heterocycles. The van der Waals surface area contributed by atoms with Crippen LogP contribution in [0.1, 0.15) is 46.3 Å². The Morgan fingerprint density at radius 1 is 1.11 bits per heavy atom. The Bertz CT molecular complexity index is 1230. The molecule has 1 aliphatic rings. The highest BCUT2D eigenvalue weighted by atomic mass is 16.6. The molecule has 0 radical (unpaired) electrons. The van der Waals surface area contributed by atoms with Crippen LogP contribution in [0.5, 0.6) is 0 Å². The fraction of sp³-hybridized carbons (Fsp3) is 0.321. The van der Waals surface area contributed by atoms with Crippen LogP contribution in [0.15, 0.2) is 65.1 Å². The van der Waals surface area contributed by atoms with Crippen molar-refractivity contribution in [1.29, 1.82) is 0 Å². The Balaban J connectivity index is 1.64. The molecule has 0 spiro atoms. The number of Topliss-reactive ketones (excluding diaryl/α,β-unsaturated/α-hetero) is 1. The van der Waals surface area contributed by atoms with Gasteiger partial charge < -0.3 is 19.0 Å². The third-order valence-electron chi connectivity index (χ3n) is 6.19. The first-order valence-electron chi connectivity index (χ1n) is 11.9. The van der Waals surface area contributed by atoms with Crippen LogP contribution in [-0.2, 0) is 20.7 Å².